The topological polar surface area (TPSA) is 35.2 Å². The second-order valence-corrected chi connectivity index (χ2v) is 5.20. The number of hydrogen-bond donors (Lipinski definition) is 1. The molecule has 1 aliphatic carbocycles. The number of rotatable bonds is 2. The summed E-state index contributed by atoms with van der Waals surface area (Å²) in [5, 5.41) is 0. The Morgan fingerprint density at radius 3 is 3.00 bits per heavy atom. The van der Waals surface area contributed by atoms with Crippen molar-refractivity contribution in [3.63, 3.8) is 0 Å². The molecule has 0 radical (unpaired) electrons. The molecular formula is C14H19NO. The van der Waals surface area contributed by atoms with E-state index in [1.165, 1.54) is 36.8 Å². The van der Waals surface area contributed by atoms with Gasteiger partial charge in [-0.15, -0.1) is 0 Å². The molecule has 2 aliphatic rings. The summed E-state index contributed by atoms with van der Waals surface area (Å²) in [5.74, 6) is 1.91. The summed E-state index contributed by atoms with van der Waals surface area (Å²) in [6.07, 6.45) is 5.93. The van der Waals surface area contributed by atoms with E-state index in [1.807, 2.05) is 0 Å². The molecule has 86 valence electrons. The van der Waals surface area contributed by atoms with Gasteiger partial charge in [0.25, 0.3) is 0 Å². The minimum atomic E-state index is 0.464. The molecule has 0 amide bonds. The second kappa shape index (κ2) is 4.10. The van der Waals surface area contributed by atoms with Crippen LogP contribution in [0.5, 0.6) is 5.75 Å². The maximum atomic E-state index is 5.81. The lowest BCUT2D eigenvalue weighted by molar-refractivity contribution is 0.263. The lowest BCUT2D eigenvalue weighted by atomic mass is 9.77. The third-order valence-corrected chi connectivity index (χ3v) is 3.77. The van der Waals surface area contributed by atoms with Crippen molar-refractivity contribution in [3.8, 4) is 5.75 Å². The Labute approximate surface area is 96.8 Å². The summed E-state index contributed by atoms with van der Waals surface area (Å²) in [6.45, 7) is 0.879. The van der Waals surface area contributed by atoms with Crippen LogP contribution < -0.4 is 10.5 Å². The Hall–Kier alpha value is -1.02. The largest absolute Gasteiger partial charge is 0.493 e. The molecule has 2 N–H and O–H groups in total. The normalized spacial score (nSPS) is 27.8. The highest BCUT2D eigenvalue weighted by atomic mass is 16.5. The van der Waals surface area contributed by atoms with Crippen LogP contribution in [0.15, 0.2) is 18.2 Å². The molecule has 0 aromatic heterocycles. The van der Waals surface area contributed by atoms with Crippen molar-refractivity contribution in [1.29, 1.82) is 0 Å². The summed E-state index contributed by atoms with van der Waals surface area (Å²) in [5.41, 5.74) is 8.67. The van der Waals surface area contributed by atoms with Crippen LogP contribution in [0.3, 0.4) is 0 Å². The molecule has 2 heteroatoms. The van der Waals surface area contributed by atoms with E-state index >= 15 is 0 Å². The van der Waals surface area contributed by atoms with Crippen molar-refractivity contribution in [2.45, 2.75) is 38.1 Å². The zero-order chi connectivity index (χ0) is 11.0. The van der Waals surface area contributed by atoms with Crippen LogP contribution in [0.25, 0.3) is 0 Å². The van der Waals surface area contributed by atoms with Crippen LogP contribution in [-0.2, 0) is 12.8 Å². The molecule has 0 unspecified atom stereocenters. The monoisotopic (exact) mass is 217 g/mol. The quantitative estimate of drug-likeness (QED) is 0.825. The lowest BCUT2D eigenvalue weighted by Gasteiger charge is -2.32. The Bertz CT molecular complexity index is 382. The smallest absolute Gasteiger partial charge is 0.122 e. The summed E-state index contributed by atoms with van der Waals surface area (Å²) < 4.78 is 5.62. The zero-order valence-electron chi connectivity index (χ0n) is 9.61. The van der Waals surface area contributed by atoms with Crippen molar-refractivity contribution >= 4 is 0 Å². The van der Waals surface area contributed by atoms with E-state index in [9.17, 15) is 0 Å². The fourth-order valence-corrected chi connectivity index (χ4v) is 2.83. The van der Waals surface area contributed by atoms with Crippen LogP contribution in [-0.4, -0.2) is 12.6 Å². The molecule has 0 spiro atoms. The predicted octanol–water partition coefficient (Wildman–Crippen LogP) is 2.29. The van der Waals surface area contributed by atoms with Crippen molar-refractivity contribution in [2.75, 3.05) is 6.61 Å². The van der Waals surface area contributed by atoms with E-state index < -0.39 is 0 Å². The molecule has 2 nitrogen and oxygen atoms in total. The second-order valence-electron chi connectivity index (χ2n) is 5.20. The highest BCUT2D eigenvalue weighted by Crippen LogP contribution is 2.31. The van der Waals surface area contributed by atoms with E-state index in [0.29, 0.717) is 6.04 Å². The fraction of sp³-hybridized carbons (Fsp3) is 0.571. The van der Waals surface area contributed by atoms with Gasteiger partial charge in [0.1, 0.15) is 5.75 Å². The minimum absolute atomic E-state index is 0.464. The number of ether oxygens (including phenoxy) is 1. The summed E-state index contributed by atoms with van der Waals surface area (Å²) >= 11 is 0. The Balaban J connectivity index is 1.71. The van der Waals surface area contributed by atoms with Gasteiger partial charge in [-0.3, -0.25) is 0 Å². The summed E-state index contributed by atoms with van der Waals surface area (Å²) in [7, 11) is 0. The first-order valence-electron chi connectivity index (χ1n) is 6.31. The Kier molecular flexibility index (Phi) is 2.60. The molecule has 1 aromatic rings. The fourth-order valence-electron chi connectivity index (χ4n) is 2.83. The van der Waals surface area contributed by atoms with E-state index in [1.54, 1.807) is 0 Å². The number of fused-ring (bicyclic) bond motifs is 1. The van der Waals surface area contributed by atoms with Crippen molar-refractivity contribution < 1.29 is 4.74 Å². The number of benzene rings is 1. The van der Waals surface area contributed by atoms with Crippen LogP contribution in [0.2, 0.25) is 0 Å². The highest BCUT2D eigenvalue weighted by molar-refractivity contribution is 5.38. The maximum Gasteiger partial charge on any atom is 0.122 e. The molecule has 1 saturated carbocycles. The van der Waals surface area contributed by atoms with Gasteiger partial charge < -0.3 is 10.5 Å². The molecule has 3 rings (SSSR count). The van der Waals surface area contributed by atoms with Gasteiger partial charge in [-0.05, 0) is 55.2 Å². The van der Waals surface area contributed by atoms with E-state index in [4.69, 9.17) is 10.5 Å². The molecule has 0 saturated heterocycles. The van der Waals surface area contributed by atoms with Crippen LogP contribution in [0, 0.1) is 5.92 Å². The van der Waals surface area contributed by atoms with Gasteiger partial charge in [0.15, 0.2) is 0 Å². The van der Waals surface area contributed by atoms with Gasteiger partial charge in [-0.25, -0.2) is 0 Å². The third-order valence-electron chi connectivity index (χ3n) is 3.77. The highest BCUT2D eigenvalue weighted by Gasteiger charge is 2.26. The van der Waals surface area contributed by atoms with Crippen LogP contribution >= 0.6 is 0 Å². The van der Waals surface area contributed by atoms with Gasteiger partial charge in [0, 0.05) is 6.04 Å². The maximum absolute atomic E-state index is 5.81. The van der Waals surface area contributed by atoms with Crippen molar-refractivity contribution in [1.82, 2.24) is 0 Å². The average molecular weight is 217 g/mol. The van der Waals surface area contributed by atoms with Crippen LogP contribution in [0.4, 0.5) is 0 Å². The molecule has 1 fully saturated rings. The molecular weight excluding hydrogens is 198 g/mol. The molecule has 1 aromatic carbocycles. The zero-order valence-corrected chi connectivity index (χ0v) is 9.61. The Morgan fingerprint density at radius 1 is 1.31 bits per heavy atom. The van der Waals surface area contributed by atoms with E-state index in [2.05, 4.69) is 18.2 Å². The first-order valence-corrected chi connectivity index (χ1v) is 6.31. The lowest BCUT2D eigenvalue weighted by Crippen LogP contribution is -2.37. The van der Waals surface area contributed by atoms with Crippen molar-refractivity contribution in [3.05, 3.63) is 29.3 Å². The van der Waals surface area contributed by atoms with Crippen molar-refractivity contribution in [2.24, 2.45) is 11.7 Å². The first-order chi connectivity index (χ1) is 7.81. The first kappa shape index (κ1) is 10.2. The molecule has 1 aliphatic heterocycles. The number of hydrogen-bond acceptors (Lipinski definition) is 2. The van der Waals surface area contributed by atoms with Gasteiger partial charge in [-0.2, -0.15) is 0 Å². The molecule has 0 atom stereocenters. The number of aryl methyl sites for hydroxylation is 1. The van der Waals surface area contributed by atoms with E-state index in [0.717, 1.165) is 24.7 Å². The van der Waals surface area contributed by atoms with Crippen LogP contribution in [0.1, 0.15) is 30.4 Å². The minimum Gasteiger partial charge on any atom is -0.493 e. The SMILES string of the molecule is NC1CC(Cc2ccc3c(c2)CCCO3)C1. The molecule has 0 bridgehead atoms. The van der Waals surface area contributed by atoms with Gasteiger partial charge in [-0.1, -0.05) is 12.1 Å². The molecule has 1 heterocycles. The van der Waals surface area contributed by atoms with Gasteiger partial charge >= 0.3 is 0 Å². The summed E-state index contributed by atoms with van der Waals surface area (Å²) in [4.78, 5) is 0. The predicted molar refractivity (Wildman–Crippen MR) is 64.7 cm³/mol. The average Bonchev–Trinajstić information content (AvgIpc) is 2.27. The van der Waals surface area contributed by atoms with Gasteiger partial charge in [0.05, 0.1) is 6.61 Å². The summed E-state index contributed by atoms with van der Waals surface area (Å²) in [6, 6.07) is 7.15. The number of nitrogens with two attached hydrogens (primary N) is 1. The van der Waals surface area contributed by atoms with E-state index in [-0.39, 0.29) is 0 Å². The Morgan fingerprint density at radius 2 is 2.19 bits per heavy atom. The third kappa shape index (κ3) is 1.94. The van der Waals surface area contributed by atoms with Gasteiger partial charge in [0.2, 0.25) is 0 Å². The standard InChI is InChI=1S/C14H19NO/c15-13-8-11(9-13)6-10-3-4-14-12(7-10)2-1-5-16-14/h3-4,7,11,13H,1-2,5-6,8-9,15H2. The molecule has 16 heavy (non-hydrogen) atoms.